The van der Waals surface area contributed by atoms with Crippen LogP contribution in [0.5, 0.6) is 0 Å². The Hall–Kier alpha value is -1.59. The Bertz CT molecular complexity index is 614. The summed E-state index contributed by atoms with van der Waals surface area (Å²) in [5.74, 6) is 0.0770. The lowest BCUT2D eigenvalue weighted by atomic mass is 10.0. The first-order chi connectivity index (χ1) is 11.1. The SMILES string of the molecule is Cc1c(NC(=O)C2CCC(N)C2)cccc1C(=O)N1CCCC1.Cl. The molecule has 0 radical (unpaired) electrons. The van der Waals surface area contributed by atoms with E-state index < -0.39 is 0 Å². The summed E-state index contributed by atoms with van der Waals surface area (Å²) in [5, 5.41) is 2.99. The van der Waals surface area contributed by atoms with Crippen LogP contribution in [-0.2, 0) is 4.79 Å². The molecule has 1 saturated carbocycles. The summed E-state index contributed by atoms with van der Waals surface area (Å²) in [4.78, 5) is 26.9. The minimum Gasteiger partial charge on any atom is -0.339 e. The van der Waals surface area contributed by atoms with E-state index >= 15 is 0 Å². The molecule has 0 spiro atoms. The number of benzene rings is 1. The lowest BCUT2D eigenvalue weighted by Crippen LogP contribution is -2.29. The van der Waals surface area contributed by atoms with Gasteiger partial charge in [-0.3, -0.25) is 9.59 Å². The van der Waals surface area contributed by atoms with E-state index in [0.717, 1.165) is 56.4 Å². The minimum atomic E-state index is -0.0117. The van der Waals surface area contributed by atoms with Crippen molar-refractivity contribution in [2.24, 2.45) is 11.7 Å². The monoisotopic (exact) mass is 351 g/mol. The maximum absolute atomic E-state index is 12.6. The average Bonchev–Trinajstić information content (AvgIpc) is 3.20. The van der Waals surface area contributed by atoms with Crippen molar-refractivity contribution < 1.29 is 9.59 Å². The number of amides is 2. The number of carbonyl (C=O) groups excluding carboxylic acids is 2. The topological polar surface area (TPSA) is 75.4 Å². The fraction of sp³-hybridized carbons (Fsp3) is 0.556. The molecule has 0 bridgehead atoms. The van der Waals surface area contributed by atoms with Crippen LogP contribution in [0.1, 0.15) is 48.0 Å². The maximum atomic E-state index is 12.6. The van der Waals surface area contributed by atoms with Crippen LogP contribution in [0.15, 0.2) is 18.2 Å². The molecule has 5 nitrogen and oxygen atoms in total. The van der Waals surface area contributed by atoms with E-state index in [4.69, 9.17) is 5.73 Å². The van der Waals surface area contributed by atoms with Gasteiger partial charge in [-0.15, -0.1) is 12.4 Å². The molecule has 6 heteroatoms. The number of carbonyl (C=O) groups is 2. The molecule has 1 saturated heterocycles. The van der Waals surface area contributed by atoms with E-state index in [0.29, 0.717) is 5.56 Å². The molecule has 1 aromatic carbocycles. The molecule has 2 atom stereocenters. The van der Waals surface area contributed by atoms with Crippen molar-refractivity contribution in [3.63, 3.8) is 0 Å². The minimum absolute atomic E-state index is 0. The number of hydrogen-bond donors (Lipinski definition) is 2. The Kier molecular flexibility index (Phi) is 6.24. The third-order valence-corrected chi connectivity index (χ3v) is 5.06. The molecule has 3 rings (SSSR count). The Balaban J connectivity index is 0.00000208. The van der Waals surface area contributed by atoms with Gasteiger partial charge in [0.15, 0.2) is 0 Å². The van der Waals surface area contributed by atoms with Crippen LogP contribution in [0.25, 0.3) is 0 Å². The first-order valence-corrected chi connectivity index (χ1v) is 8.51. The Morgan fingerprint density at radius 1 is 1.21 bits per heavy atom. The van der Waals surface area contributed by atoms with Crippen LogP contribution in [0.2, 0.25) is 0 Å². The van der Waals surface area contributed by atoms with Gasteiger partial charge < -0.3 is 16.0 Å². The van der Waals surface area contributed by atoms with Gasteiger partial charge >= 0.3 is 0 Å². The molecule has 3 N–H and O–H groups in total. The summed E-state index contributed by atoms with van der Waals surface area (Å²) in [7, 11) is 0. The van der Waals surface area contributed by atoms with Crippen molar-refractivity contribution in [1.29, 1.82) is 0 Å². The highest BCUT2D eigenvalue weighted by Crippen LogP contribution is 2.27. The van der Waals surface area contributed by atoms with Crippen LogP contribution >= 0.6 is 12.4 Å². The maximum Gasteiger partial charge on any atom is 0.254 e. The predicted octanol–water partition coefficient (Wildman–Crippen LogP) is 2.72. The summed E-state index contributed by atoms with van der Waals surface area (Å²) in [5.41, 5.74) is 8.16. The van der Waals surface area contributed by atoms with E-state index in [1.807, 2.05) is 30.0 Å². The summed E-state index contributed by atoms with van der Waals surface area (Å²) in [6.45, 7) is 3.56. The first kappa shape index (κ1) is 18.7. The second-order valence-corrected chi connectivity index (χ2v) is 6.74. The number of likely N-dealkylation sites (tertiary alicyclic amines) is 1. The first-order valence-electron chi connectivity index (χ1n) is 8.51. The van der Waals surface area contributed by atoms with E-state index in [1.54, 1.807) is 0 Å². The van der Waals surface area contributed by atoms with Crippen molar-refractivity contribution >= 4 is 29.9 Å². The number of halogens is 1. The Morgan fingerprint density at radius 2 is 1.92 bits per heavy atom. The second kappa shape index (κ2) is 7.99. The largest absolute Gasteiger partial charge is 0.339 e. The normalized spacial score (nSPS) is 23.0. The summed E-state index contributed by atoms with van der Waals surface area (Å²) in [6.07, 6.45) is 4.65. The number of anilines is 1. The zero-order valence-corrected chi connectivity index (χ0v) is 14.9. The quantitative estimate of drug-likeness (QED) is 0.879. The number of nitrogens with zero attached hydrogens (tertiary/aromatic N) is 1. The van der Waals surface area contributed by atoms with Crippen molar-refractivity contribution in [2.45, 2.75) is 45.1 Å². The smallest absolute Gasteiger partial charge is 0.254 e. The van der Waals surface area contributed by atoms with Gasteiger partial charge in [0.1, 0.15) is 0 Å². The van der Waals surface area contributed by atoms with Gasteiger partial charge in [-0.1, -0.05) is 6.07 Å². The molecule has 24 heavy (non-hydrogen) atoms. The highest BCUT2D eigenvalue weighted by molar-refractivity contribution is 6.00. The lowest BCUT2D eigenvalue weighted by Gasteiger charge is -2.19. The van der Waals surface area contributed by atoms with Crippen LogP contribution in [0, 0.1) is 12.8 Å². The van der Waals surface area contributed by atoms with Crippen LogP contribution in [0.3, 0.4) is 0 Å². The van der Waals surface area contributed by atoms with Gasteiger partial charge in [0.05, 0.1) is 0 Å². The summed E-state index contributed by atoms with van der Waals surface area (Å²) >= 11 is 0. The van der Waals surface area contributed by atoms with Gasteiger partial charge in [-0.25, -0.2) is 0 Å². The summed E-state index contributed by atoms with van der Waals surface area (Å²) in [6, 6.07) is 5.68. The summed E-state index contributed by atoms with van der Waals surface area (Å²) < 4.78 is 0. The fourth-order valence-electron chi connectivity index (χ4n) is 3.58. The molecule has 1 aliphatic carbocycles. The van der Waals surface area contributed by atoms with Crippen molar-refractivity contribution in [3.05, 3.63) is 29.3 Å². The van der Waals surface area contributed by atoms with Crippen molar-refractivity contribution in [2.75, 3.05) is 18.4 Å². The average molecular weight is 352 g/mol. The number of rotatable bonds is 3. The zero-order chi connectivity index (χ0) is 16.4. The predicted molar refractivity (Wildman–Crippen MR) is 97.5 cm³/mol. The molecule has 2 amide bonds. The zero-order valence-electron chi connectivity index (χ0n) is 14.1. The third-order valence-electron chi connectivity index (χ3n) is 5.06. The molecule has 132 valence electrons. The van der Waals surface area contributed by atoms with Crippen molar-refractivity contribution in [3.8, 4) is 0 Å². The van der Waals surface area contributed by atoms with E-state index in [2.05, 4.69) is 5.32 Å². The Labute approximate surface area is 149 Å². The number of nitrogens with one attached hydrogen (secondary N) is 1. The fourth-order valence-corrected chi connectivity index (χ4v) is 3.58. The molecule has 2 fully saturated rings. The van der Waals surface area contributed by atoms with Gasteiger partial charge in [-0.2, -0.15) is 0 Å². The molecule has 0 aromatic heterocycles. The van der Waals surface area contributed by atoms with E-state index in [9.17, 15) is 9.59 Å². The number of hydrogen-bond acceptors (Lipinski definition) is 3. The Morgan fingerprint density at radius 3 is 2.54 bits per heavy atom. The standard InChI is InChI=1S/C18H25N3O2.ClH/c1-12-15(18(23)21-9-2-3-10-21)5-4-6-16(12)20-17(22)13-7-8-14(19)11-13;/h4-6,13-14H,2-3,7-11,19H2,1H3,(H,20,22);1H. The van der Waals surface area contributed by atoms with Gasteiger partial charge in [0.2, 0.25) is 5.91 Å². The highest BCUT2D eigenvalue weighted by Gasteiger charge is 2.28. The van der Waals surface area contributed by atoms with Gasteiger partial charge in [-0.05, 0) is 56.7 Å². The van der Waals surface area contributed by atoms with E-state index in [1.165, 1.54) is 0 Å². The lowest BCUT2D eigenvalue weighted by molar-refractivity contribution is -0.119. The molecule has 2 unspecified atom stereocenters. The number of nitrogens with two attached hydrogens (primary N) is 1. The van der Waals surface area contributed by atoms with Crippen LogP contribution in [-0.4, -0.2) is 35.8 Å². The molecular weight excluding hydrogens is 326 g/mol. The van der Waals surface area contributed by atoms with Crippen molar-refractivity contribution in [1.82, 2.24) is 4.90 Å². The van der Waals surface area contributed by atoms with Crippen LogP contribution < -0.4 is 11.1 Å². The molecule has 2 aliphatic rings. The molecule has 1 heterocycles. The van der Waals surface area contributed by atoms with Gasteiger partial charge in [0.25, 0.3) is 5.91 Å². The van der Waals surface area contributed by atoms with Gasteiger partial charge in [0, 0.05) is 36.3 Å². The molecular formula is C18H26ClN3O2. The van der Waals surface area contributed by atoms with Crippen LogP contribution in [0.4, 0.5) is 5.69 Å². The van der Waals surface area contributed by atoms with E-state index in [-0.39, 0.29) is 36.2 Å². The second-order valence-electron chi connectivity index (χ2n) is 6.74. The highest BCUT2D eigenvalue weighted by atomic mass is 35.5. The molecule has 1 aliphatic heterocycles. The third kappa shape index (κ3) is 3.90. The molecule has 1 aromatic rings.